The molecule has 1 aliphatic heterocycles. The first kappa shape index (κ1) is 13.9. The molecule has 1 atom stereocenters. The molecule has 0 aromatic heterocycles. The van der Waals surface area contributed by atoms with E-state index >= 15 is 0 Å². The average Bonchev–Trinajstić information content (AvgIpc) is 2.16. The maximum atomic E-state index is 11.0. The lowest BCUT2D eigenvalue weighted by Gasteiger charge is -2.33. The van der Waals surface area contributed by atoms with Crippen molar-refractivity contribution < 1.29 is 8.42 Å². The third-order valence-electron chi connectivity index (χ3n) is 3.37. The fourth-order valence-electron chi connectivity index (χ4n) is 2.25. The molecule has 16 heavy (non-hydrogen) atoms. The van der Waals surface area contributed by atoms with E-state index in [1.165, 1.54) is 6.26 Å². The normalized spacial score (nSPS) is 22.2. The second-order valence-electron chi connectivity index (χ2n) is 5.02. The van der Waals surface area contributed by atoms with Gasteiger partial charge in [-0.1, -0.05) is 0 Å². The molecule has 1 heterocycles. The molecule has 0 bridgehead atoms. The zero-order chi connectivity index (χ0) is 12.2. The molecule has 0 aliphatic carbocycles. The SMILES string of the molecule is CC(N)C1CCN(CCCS(C)(=O)=O)CC1. The van der Waals surface area contributed by atoms with E-state index in [1.807, 2.05) is 0 Å². The number of rotatable bonds is 5. The highest BCUT2D eigenvalue weighted by atomic mass is 32.2. The van der Waals surface area contributed by atoms with Crippen molar-refractivity contribution in [2.45, 2.75) is 32.2 Å². The van der Waals surface area contributed by atoms with Gasteiger partial charge in [-0.3, -0.25) is 0 Å². The van der Waals surface area contributed by atoms with Crippen LogP contribution in [0.3, 0.4) is 0 Å². The van der Waals surface area contributed by atoms with Crippen molar-refractivity contribution >= 4 is 9.84 Å². The van der Waals surface area contributed by atoms with Gasteiger partial charge in [0.1, 0.15) is 9.84 Å². The van der Waals surface area contributed by atoms with Gasteiger partial charge in [0.2, 0.25) is 0 Å². The molecule has 2 N–H and O–H groups in total. The van der Waals surface area contributed by atoms with Crippen molar-refractivity contribution in [1.29, 1.82) is 0 Å². The summed E-state index contributed by atoms with van der Waals surface area (Å²) in [5, 5.41) is 0. The Morgan fingerprint density at radius 1 is 1.38 bits per heavy atom. The Morgan fingerprint density at radius 3 is 2.38 bits per heavy atom. The summed E-state index contributed by atoms with van der Waals surface area (Å²) in [6.45, 7) is 5.11. The van der Waals surface area contributed by atoms with Gasteiger partial charge in [0.15, 0.2) is 0 Å². The first-order valence-corrected chi connectivity index (χ1v) is 8.10. The van der Waals surface area contributed by atoms with Gasteiger partial charge in [0, 0.05) is 12.3 Å². The Kier molecular flexibility index (Phi) is 5.21. The first-order valence-electron chi connectivity index (χ1n) is 6.04. The van der Waals surface area contributed by atoms with Crippen LogP contribution in [-0.2, 0) is 9.84 Å². The summed E-state index contributed by atoms with van der Waals surface area (Å²) in [5.74, 6) is 0.950. The molecule has 0 radical (unpaired) electrons. The van der Waals surface area contributed by atoms with Gasteiger partial charge >= 0.3 is 0 Å². The Morgan fingerprint density at radius 2 is 1.94 bits per heavy atom. The Labute approximate surface area is 99.1 Å². The molecule has 0 aromatic carbocycles. The van der Waals surface area contributed by atoms with Crippen molar-refractivity contribution in [3.05, 3.63) is 0 Å². The summed E-state index contributed by atoms with van der Waals surface area (Å²) in [6.07, 6.45) is 4.35. The average molecular weight is 248 g/mol. The van der Waals surface area contributed by atoms with Gasteiger partial charge in [-0.2, -0.15) is 0 Å². The quantitative estimate of drug-likeness (QED) is 0.768. The Balaban J connectivity index is 2.18. The van der Waals surface area contributed by atoms with Crippen LogP contribution in [0.25, 0.3) is 0 Å². The summed E-state index contributed by atoms with van der Waals surface area (Å²) in [5.41, 5.74) is 5.87. The number of nitrogens with zero attached hydrogens (tertiary/aromatic N) is 1. The topological polar surface area (TPSA) is 63.4 Å². The number of nitrogens with two attached hydrogens (primary N) is 1. The van der Waals surface area contributed by atoms with Gasteiger partial charge in [-0.25, -0.2) is 8.42 Å². The Bertz CT molecular complexity index is 293. The lowest BCUT2D eigenvalue weighted by molar-refractivity contribution is 0.173. The molecule has 0 amide bonds. The molecule has 1 unspecified atom stereocenters. The highest BCUT2D eigenvalue weighted by Gasteiger charge is 2.21. The molecule has 1 saturated heterocycles. The van der Waals surface area contributed by atoms with Crippen molar-refractivity contribution in [2.24, 2.45) is 11.7 Å². The van der Waals surface area contributed by atoms with Crippen LogP contribution < -0.4 is 5.73 Å². The van der Waals surface area contributed by atoms with Crippen molar-refractivity contribution in [1.82, 2.24) is 4.90 Å². The van der Waals surface area contributed by atoms with Gasteiger partial charge < -0.3 is 10.6 Å². The summed E-state index contributed by atoms with van der Waals surface area (Å²) >= 11 is 0. The minimum atomic E-state index is -2.80. The minimum Gasteiger partial charge on any atom is -0.328 e. The second kappa shape index (κ2) is 5.98. The fraction of sp³-hybridized carbons (Fsp3) is 1.00. The maximum absolute atomic E-state index is 11.0. The molecule has 0 saturated carbocycles. The van der Waals surface area contributed by atoms with Crippen LogP contribution in [0.5, 0.6) is 0 Å². The third-order valence-corrected chi connectivity index (χ3v) is 4.40. The third kappa shape index (κ3) is 5.27. The number of likely N-dealkylation sites (tertiary alicyclic amines) is 1. The van der Waals surface area contributed by atoms with E-state index in [2.05, 4.69) is 11.8 Å². The van der Waals surface area contributed by atoms with Crippen LogP contribution in [0.15, 0.2) is 0 Å². The monoisotopic (exact) mass is 248 g/mol. The first-order chi connectivity index (χ1) is 7.38. The highest BCUT2D eigenvalue weighted by Crippen LogP contribution is 2.19. The summed E-state index contributed by atoms with van der Waals surface area (Å²) < 4.78 is 22.0. The van der Waals surface area contributed by atoms with Crippen LogP contribution in [-0.4, -0.2) is 51.0 Å². The van der Waals surface area contributed by atoms with Gasteiger partial charge in [-0.05, 0) is 51.7 Å². The molecule has 1 aliphatic rings. The van der Waals surface area contributed by atoms with Crippen molar-refractivity contribution in [2.75, 3.05) is 31.6 Å². The van der Waals surface area contributed by atoms with Gasteiger partial charge in [0.25, 0.3) is 0 Å². The van der Waals surface area contributed by atoms with Crippen LogP contribution in [0.1, 0.15) is 26.2 Å². The molecule has 0 spiro atoms. The second-order valence-corrected chi connectivity index (χ2v) is 7.28. The number of sulfone groups is 1. The predicted octanol–water partition coefficient (Wildman–Crippen LogP) is 0.480. The van der Waals surface area contributed by atoms with E-state index < -0.39 is 9.84 Å². The van der Waals surface area contributed by atoms with Gasteiger partial charge in [0.05, 0.1) is 5.75 Å². The van der Waals surface area contributed by atoms with Gasteiger partial charge in [-0.15, -0.1) is 0 Å². The zero-order valence-electron chi connectivity index (χ0n) is 10.4. The number of piperidine rings is 1. The molecular weight excluding hydrogens is 224 g/mol. The Hall–Kier alpha value is -0.130. The number of hydrogen-bond donors (Lipinski definition) is 1. The van der Waals surface area contributed by atoms with E-state index in [9.17, 15) is 8.42 Å². The lowest BCUT2D eigenvalue weighted by Crippen LogP contribution is -2.40. The predicted molar refractivity (Wildman–Crippen MR) is 67.1 cm³/mol. The van der Waals surface area contributed by atoms with E-state index in [1.54, 1.807) is 0 Å². The summed E-state index contributed by atoms with van der Waals surface area (Å²) in [6, 6.07) is 0.290. The number of hydrogen-bond acceptors (Lipinski definition) is 4. The summed E-state index contributed by atoms with van der Waals surface area (Å²) in [4.78, 5) is 2.35. The van der Waals surface area contributed by atoms with Crippen LogP contribution in [0.2, 0.25) is 0 Å². The smallest absolute Gasteiger partial charge is 0.147 e. The van der Waals surface area contributed by atoms with Crippen molar-refractivity contribution in [3.8, 4) is 0 Å². The maximum Gasteiger partial charge on any atom is 0.147 e. The molecular formula is C11H24N2O2S. The van der Waals surface area contributed by atoms with E-state index in [-0.39, 0.29) is 6.04 Å². The largest absolute Gasteiger partial charge is 0.328 e. The van der Waals surface area contributed by atoms with Crippen LogP contribution in [0.4, 0.5) is 0 Å². The molecule has 1 fully saturated rings. The zero-order valence-corrected chi connectivity index (χ0v) is 11.2. The standard InChI is InChI=1S/C11H24N2O2S/c1-10(12)11-4-7-13(8-5-11)6-3-9-16(2,14)15/h10-11H,3-9,12H2,1-2H3. The fourth-order valence-corrected chi connectivity index (χ4v) is 2.91. The minimum absolute atomic E-state index is 0.290. The molecule has 0 aromatic rings. The lowest BCUT2D eigenvalue weighted by atomic mass is 9.91. The highest BCUT2D eigenvalue weighted by molar-refractivity contribution is 7.90. The van der Waals surface area contributed by atoms with Crippen LogP contribution in [0, 0.1) is 5.92 Å². The van der Waals surface area contributed by atoms with Crippen molar-refractivity contribution in [3.63, 3.8) is 0 Å². The molecule has 5 heteroatoms. The molecule has 96 valence electrons. The van der Waals surface area contributed by atoms with E-state index in [0.717, 1.165) is 38.9 Å². The molecule has 4 nitrogen and oxygen atoms in total. The van der Waals surface area contributed by atoms with E-state index in [0.29, 0.717) is 11.7 Å². The molecule has 1 rings (SSSR count). The van der Waals surface area contributed by atoms with Crippen LogP contribution >= 0.6 is 0 Å². The van der Waals surface area contributed by atoms with E-state index in [4.69, 9.17) is 5.73 Å². The summed E-state index contributed by atoms with van der Waals surface area (Å²) in [7, 11) is -2.80.